The van der Waals surface area contributed by atoms with E-state index in [9.17, 15) is 13.2 Å². The van der Waals surface area contributed by atoms with Crippen LogP contribution >= 0.6 is 0 Å². The summed E-state index contributed by atoms with van der Waals surface area (Å²) in [5.74, 6) is 0.402. The van der Waals surface area contributed by atoms with Gasteiger partial charge in [-0.05, 0) is 37.5 Å². The van der Waals surface area contributed by atoms with Gasteiger partial charge in [-0.1, -0.05) is 24.3 Å². The Labute approximate surface area is 159 Å². The maximum Gasteiger partial charge on any atom is 0.270 e. The first-order valence-electron chi connectivity index (χ1n) is 9.02. The van der Waals surface area contributed by atoms with Crippen molar-refractivity contribution in [2.45, 2.75) is 32.9 Å². The molecule has 1 fully saturated rings. The van der Waals surface area contributed by atoms with E-state index in [1.54, 1.807) is 6.07 Å². The fourth-order valence-electron chi connectivity index (χ4n) is 3.27. The molecule has 1 aromatic carbocycles. The zero-order valence-corrected chi connectivity index (χ0v) is 16.4. The van der Waals surface area contributed by atoms with Crippen LogP contribution < -0.4 is 10.2 Å². The summed E-state index contributed by atoms with van der Waals surface area (Å²) in [6.07, 6.45) is 2.10. The van der Waals surface area contributed by atoms with Gasteiger partial charge in [0, 0.05) is 25.3 Å². The minimum absolute atomic E-state index is 0.105. The molecule has 0 radical (unpaired) electrons. The highest BCUT2D eigenvalue weighted by atomic mass is 32.2. The van der Waals surface area contributed by atoms with Crippen molar-refractivity contribution < 1.29 is 13.2 Å². The van der Waals surface area contributed by atoms with Crippen molar-refractivity contribution in [1.29, 1.82) is 0 Å². The number of carbonyl (C=O) groups excluding carboxylic acids is 1. The van der Waals surface area contributed by atoms with Crippen LogP contribution in [0.25, 0.3) is 0 Å². The van der Waals surface area contributed by atoms with Crippen LogP contribution in [0.4, 0.5) is 5.95 Å². The van der Waals surface area contributed by atoms with E-state index in [-0.39, 0.29) is 29.1 Å². The fourth-order valence-corrected chi connectivity index (χ4v) is 5.00. The molecule has 1 aliphatic rings. The van der Waals surface area contributed by atoms with Crippen molar-refractivity contribution >= 4 is 21.7 Å². The van der Waals surface area contributed by atoms with Gasteiger partial charge in [0.25, 0.3) is 5.91 Å². The Morgan fingerprint density at radius 3 is 2.74 bits per heavy atom. The second-order valence-corrected chi connectivity index (χ2v) is 8.92. The second kappa shape index (κ2) is 8.04. The smallest absolute Gasteiger partial charge is 0.270 e. The number of nitrogens with one attached hydrogen (secondary N) is 1. The van der Waals surface area contributed by atoms with Gasteiger partial charge < -0.3 is 10.2 Å². The lowest BCUT2D eigenvalue weighted by Gasteiger charge is -2.26. The minimum Gasteiger partial charge on any atom is -0.347 e. The molecule has 1 amide bonds. The molecular formula is C19H24N4O3S. The molecule has 1 aliphatic heterocycles. The number of hydrogen-bond donors (Lipinski definition) is 1. The fraction of sp³-hybridized carbons (Fsp3) is 0.421. The van der Waals surface area contributed by atoms with Gasteiger partial charge in [0.05, 0.1) is 11.5 Å². The topological polar surface area (TPSA) is 92.3 Å². The molecule has 1 N–H and O–H groups in total. The summed E-state index contributed by atoms with van der Waals surface area (Å²) in [7, 11) is -3.00. The first kappa shape index (κ1) is 19.3. The van der Waals surface area contributed by atoms with Crippen molar-refractivity contribution in [3.8, 4) is 0 Å². The molecule has 0 saturated carbocycles. The predicted molar refractivity (Wildman–Crippen MR) is 104 cm³/mol. The Morgan fingerprint density at radius 1 is 1.30 bits per heavy atom. The van der Waals surface area contributed by atoms with Crippen LogP contribution in [0.1, 0.15) is 35.0 Å². The average Bonchev–Trinajstić information content (AvgIpc) is 3.01. The summed E-state index contributed by atoms with van der Waals surface area (Å²) >= 11 is 0. The summed E-state index contributed by atoms with van der Waals surface area (Å²) in [6, 6.07) is 9.28. The van der Waals surface area contributed by atoms with Gasteiger partial charge >= 0.3 is 0 Å². The largest absolute Gasteiger partial charge is 0.347 e. The Kier molecular flexibility index (Phi) is 5.74. The van der Waals surface area contributed by atoms with Crippen molar-refractivity contribution in [2.24, 2.45) is 0 Å². The first-order valence-corrected chi connectivity index (χ1v) is 10.8. The maximum absolute atomic E-state index is 12.5. The molecule has 3 rings (SSSR count). The molecule has 144 valence electrons. The molecule has 27 heavy (non-hydrogen) atoms. The summed E-state index contributed by atoms with van der Waals surface area (Å²) in [5.41, 5.74) is 2.43. The molecule has 8 heteroatoms. The number of rotatable bonds is 6. The molecule has 1 saturated heterocycles. The zero-order valence-electron chi connectivity index (χ0n) is 15.6. The van der Waals surface area contributed by atoms with Gasteiger partial charge in [0.15, 0.2) is 9.84 Å². The van der Waals surface area contributed by atoms with Gasteiger partial charge in [-0.15, -0.1) is 0 Å². The minimum atomic E-state index is -3.00. The van der Waals surface area contributed by atoms with Gasteiger partial charge in [-0.2, -0.15) is 0 Å². The SMILES string of the molecule is CCN(c1nccc(C(=O)NCc2ccccc2C)n1)C1CCS(=O)(=O)C1. The number of aryl methyl sites for hydroxylation is 1. The molecule has 1 atom stereocenters. The number of carbonyl (C=O) groups is 1. The van der Waals surface area contributed by atoms with Crippen LogP contribution in [0, 0.1) is 6.92 Å². The van der Waals surface area contributed by atoms with Crippen LogP contribution in [0.5, 0.6) is 0 Å². The highest BCUT2D eigenvalue weighted by Gasteiger charge is 2.33. The number of amides is 1. The van der Waals surface area contributed by atoms with Crippen LogP contribution in [-0.2, 0) is 16.4 Å². The van der Waals surface area contributed by atoms with Crippen LogP contribution in [0.3, 0.4) is 0 Å². The lowest BCUT2D eigenvalue weighted by atomic mass is 10.1. The number of nitrogens with zero attached hydrogens (tertiary/aromatic N) is 3. The lowest BCUT2D eigenvalue weighted by molar-refractivity contribution is 0.0945. The van der Waals surface area contributed by atoms with E-state index in [1.807, 2.05) is 43.0 Å². The average molecular weight is 388 g/mol. The summed E-state index contributed by atoms with van der Waals surface area (Å²) < 4.78 is 23.6. The van der Waals surface area contributed by atoms with Gasteiger partial charge in [-0.3, -0.25) is 4.79 Å². The lowest BCUT2D eigenvalue weighted by Crippen LogP contribution is -2.37. The number of aromatic nitrogens is 2. The Bertz CT molecular complexity index is 930. The van der Waals surface area contributed by atoms with Crippen molar-refractivity contribution in [3.05, 3.63) is 53.3 Å². The number of sulfone groups is 1. The third-order valence-electron chi connectivity index (χ3n) is 4.82. The molecular weight excluding hydrogens is 364 g/mol. The quantitative estimate of drug-likeness (QED) is 0.810. The van der Waals surface area contributed by atoms with Gasteiger partial charge in [-0.25, -0.2) is 18.4 Å². The Morgan fingerprint density at radius 2 is 2.07 bits per heavy atom. The summed E-state index contributed by atoms with van der Waals surface area (Å²) in [6.45, 7) is 4.93. The highest BCUT2D eigenvalue weighted by Crippen LogP contribution is 2.21. The third kappa shape index (κ3) is 4.63. The summed E-state index contributed by atoms with van der Waals surface area (Å²) in [5, 5.41) is 2.88. The van der Waals surface area contributed by atoms with Crippen LogP contribution in [0.2, 0.25) is 0 Å². The zero-order chi connectivity index (χ0) is 19.4. The predicted octanol–water partition coefficient (Wildman–Crippen LogP) is 1.73. The molecule has 0 spiro atoms. The monoisotopic (exact) mass is 388 g/mol. The van der Waals surface area contributed by atoms with E-state index in [2.05, 4.69) is 15.3 Å². The van der Waals surface area contributed by atoms with E-state index < -0.39 is 9.84 Å². The first-order chi connectivity index (χ1) is 12.9. The Hall–Kier alpha value is -2.48. The van der Waals surface area contributed by atoms with E-state index in [1.165, 1.54) is 6.20 Å². The number of benzene rings is 1. The molecule has 1 unspecified atom stereocenters. The molecule has 2 aromatic rings. The van der Waals surface area contributed by atoms with E-state index in [0.717, 1.165) is 11.1 Å². The third-order valence-corrected chi connectivity index (χ3v) is 6.57. The van der Waals surface area contributed by atoms with Crippen LogP contribution in [-0.4, -0.2) is 48.4 Å². The van der Waals surface area contributed by atoms with E-state index in [0.29, 0.717) is 25.5 Å². The van der Waals surface area contributed by atoms with Crippen molar-refractivity contribution in [3.63, 3.8) is 0 Å². The van der Waals surface area contributed by atoms with Crippen molar-refractivity contribution in [2.75, 3.05) is 23.0 Å². The molecule has 0 bridgehead atoms. The molecule has 7 nitrogen and oxygen atoms in total. The summed E-state index contributed by atoms with van der Waals surface area (Å²) in [4.78, 5) is 23.0. The van der Waals surface area contributed by atoms with Crippen molar-refractivity contribution in [1.82, 2.24) is 15.3 Å². The highest BCUT2D eigenvalue weighted by molar-refractivity contribution is 7.91. The van der Waals surface area contributed by atoms with Crippen LogP contribution in [0.15, 0.2) is 36.5 Å². The number of hydrogen-bond acceptors (Lipinski definition) is 6. The van der Waals surface area contributed by atoms with Gasteiger partial charge in [0.2, 0.25) is 5.95 Å². The number of anilines is 1. The molecule has 2 heterocycles. The van der Waals surface area contributed by atoms with Gasteiger partial charge in [0.1, 0.15) is 5.69 Å². The normalized spacial score (nSPS) is 18.2. The molecule has 1 aromatic heterocycles. The Balaban J connectivity index is 1.72. The standard InChI is InChI=1S/C19H24N4O3S/c1-3-23(16-9-11-27(25,26)13-16)19-20-10-8-17(22-19)18(24)21-12-15-7-5-4-6-14(15)2/h4-8,10,16H,3,9,11-13H2,1-2H3,(H,21,24). The van der Waals surface area contributed by atoms with E-state index >= 15 is 0 Å². The second-order valence-electron chi connectivity index (χ2n) is 6.69. The molecule has 0 aliphatic carbocycles. The van der Waals surface area contributed by atoms with E-state index in [4.69, 9.17) is 0 Å². The maximum atomic E-state index is 12.5.